The highest BCUT2D eigenvalue weighted by atomic mass is 35.5. The summed E-state index contributed by atoms with van der Waals surface area (Å²) >= 11 is 14.2. The van der Waals surface area contributed by atoms with E-state index in [1.165, 1.54) is 4.88 Å². The number of hydrogen-bond acceptors (Lipinski definition) is 2. The van der Waals surface area contributed by atoms with E-state index in [4.69, 9.17) is 23.2 Å². The number of rotatable bonds is 7. The zero-order valence-corrected chi connectivity index (χ0v) is 14.7. The molecule has 0 fully saturated rings. The molecule has 21 heavy (non-hydrogen) atoms. The summed E-state index contributed by atoms with van der Waals surface area (Å²) in [5.41, 5.74) is 1.13. The average Bonchev–Trinajstić information content (AvgIpc) is 2.98. The molecule has 2 atom stereocenters. The Bertz CT molecular complexity index is 554. The lowest BCUT2D eigenvalue weighted by Gasteiger charge is -2.25. The van der Waals surface area contributed by atoms with Gasteiger partial charge in [0.05, 0.1) is 0 Å². The van der Waals surface area contributed by atoms with Crippen LogP contribution in [0.1, 0.15) is 55.6 Å². The van der Waals surface area contributed by atoms with Crippen molar-refractivity contribution in [3.63, 3.8) is 0 Å². The molecule has 0 radical (unpaired) electrons. The summed E-state index contributed by atoms with van der Waals surface area (Å²) in [7, 11) is 0. The largest absolute Gasteiger partial charge is 0.302 e. The highest BCUT2D eigenvalue weighted by Crippen LogP contribution is 2.32. The quantitative estimate of drug-likeness (QED) is 0.595. The predicted molar refractivity (Wildman–Crippen MR) is 94.6 cm³/mol. The lowest BCUT2D eigenvalue weighted by molar-refractivity contribution is 0.417. The molecule has 0 aliphatic heterocycles. The van der Waals surface area contributed by atoms with Crippen molar-refractivity contribution in [2.45, 2.75) is 45.2 Å². The van der Waals surface area contributed by atoms with Crippen molar-refractivity contribution in [2.75, 3.05) is 0 Å². The minimum Gasteiger partial charge on any atom is -0.302 e. The van der Waals surface area contributed by atoms with Crippen LogP contribution in [0.5, 0.6) is 0 Å². The molecule has 0 aliphatic carbocycles. The first-order chi connectivity index (χ1) is 10.2. The van der Waals surface area contributed by atoms with Gasteiger partial charge in [0.1, 0.15) is 0 Å². The molecule has 1 aromatic carbocycles. The summed E-state index contributed by atoms with van der Waals surface area (Å²) in [5, 5.41) is 7.32. The molecular weight excluding hydrogens is 321 g/mol. The zero-order valence-electron chi connectivity index (χ0n) is 12.4. The van der Waals surface area contributed by atoms with Crippen molar-refractivity contribution in [1.82, 2.24) is 5.32 Å². The maximum absolute atomic E-state index is 6.37. The first-order valence-corrected chi connectivity index (χ1v) is 9.03. The molecule has 2 rings (SSSR count). The van der Waals surface area contributed by atoms with Gasteiger partial charge < -0.3 is 5.32 Å². The smallest absolute Gasteiger partial charge is 0.0468 e. The monoisotopic (exact) mass is 341 g/mol. The van der Waals surface area contributed by atoms with Crippen molar-refractivity contribution in [2.24, 2.45) is 0 Å². The van der Waals surface area contributed by atoms with Crippen LogP contribution in [0, 0.1) is 0 Å². The van der Waals surface area contributed by atoms with E-state index in [1.807, 2.05) is 29.5 Å². The second-order valence-electron chi connectivity index (χ2n) is 5.15. The van der Waals surface area contributed by atoms with Gasteiger partial charge in [0, 0.05) is 27.0 Å². The summed E-state index contributed by atoms with van der Waals surface area (Å²) < 4.78 is 0. The second kappa shape index (κ2) is 8.19. The van der Waals surface area contributed by atoms with Gasteiger partial charge in [0.25, 0.3) is 0 Å². The first kappa shape index (κ1) is 16.8. The van der Waals surface area contributed by atoms with Crippen LogP contribution < -0.4 is 5.32 Å². The molecule has 1 heterocycles. The molecular formula is C17H21Cl2NS. The Hall–Kier alpha value is -0.540. The average molecular weight is 342 g/mol. The van der Waals surface area contributed by atoms with E-state index in [-0.39, 0.29) is 6.04 Å². The van der Waals surface area contributed by atoms with Gasteiger partial charge >= 0.3 is 0 Å². The van der Waals surface area contributed by atoms with E-state index >= 15 is 0 Å². The molecule has 1 N–H and O–H groups in total. The molecule has 4 heteroatoms. The summed E-state index contributed by atoms with van der Waals surface area (Å²) in [6.45, 7) is 4.40. The third-order valence-electron chi connectivity index (χ3n) is 3.61. The third-order valence-corrected chi connectivity index (χ3v) is 5.16. The molecule has 0 aliphatic rings. The van der Waals surface area contributed by atoms with Gasteiger partial charge in [0.2, 0.25) is 0 Å². The predicted octanol–water partition coefficient (Wildman–Crippen LogP) is 6.64. The molecule has 0 bridgehead atoms. The van der Waals surface area contributed by atoms with E-state index in [2.05, 4.69) is 36.7 Å². The molecule has 114 valence electrons. The molecule has 0 saturated carbocycles. The fraction of sp³-hybridized carbons (Fsp3) is 0.412. The first-order valence-electron chi connectivity index (χ1n) is 7.40. The number of benzene rings is 1. The molecule has 2 aromatic rings. The highest BCUT2D eigenvalue weighted by Gasteiger charge is 2.19. The molecule has 0 saturated heterocycles. The molecule has 1 aromatic heterocycles. The van der Waals surface area contributed by atoms with Crippen LogP contribution in [0.3, 0.4) is 0 Å². The Labute approximate surface area is 141 Å². The van der Waals surface area contributed by atoms with E-state index in [0.29, 0.717) is 11.1 Å². The Morgan fingerprint density at radius 3 is 2.52 bits per heavy atom. The number of nitrogens with one attached hydrogen (secondary N) is 1. The van der Waals surface area contributed by atoms with Crippen molar-refractivity contribution in [3.8, 4) is 0 Å². The van der Waals surface area contributed by atoms with E-state index in [9.17, 15) is 0 Å². The second-order valence-corrected chi connectivity index (χ2v) is 6.97. The maximum atomic E-state index is 6.37. The van der Waals surface area contributed by atoms with Crippen LogP contribution in [0.2, 0.25) is 10.0 Å². The van der Waals surface area contributed by atoms with Crippen LogP contribution in [0.25, 0.3) is 0 Å². The highest BCUT2D eigenvalue weighted by molar-refractivity contribution is 7.10. The van der Waals surface area contributed by atoms with Crippen LogP contribution in [-0.2, 0) is 0 Å². The molecule has 2 unspecified atom stereocenters. The lowest BCUT2D eigenvalue weighted by atomic mass is 10.0. The van der Waals surface area contributed by atoms with E-state index in [1.54, 1.807) is 0 Å². The van der Waals surface area contributed by atoms with Gasteiger partial charge in [0.15, 0.2) is 0 Å². The normalized spacial score (nSPS) is 14.1. The Kier molecular flexibility index (Phi) is 6.56. The Morgan fingerprint density at radius 1 is 1.14 bits per heavy atom. The minimum absolute atomic E-state index is 0.244. The van der Waals surface area contributed by atoms with Crippen molar-refractivity contribution >= 4 is 34.5 Å². The van der Waals surface area contributed by atoms with Gasteiger partial charge in [-0.3, -0.25) is 0 Å². The standard InChI is InChI=1S/C17H21Cl2NS/c1-3-6-16(17-7-5-10-21-17)20-15(4-2)13-9-8-12(18)11-14(13)19/h5,7-11,15-16,20H,3-4,6H2,1-2H3. The molecule has 1 nitrogen and oxygen atoms in total. The molecule has 0 spiro atoms. The van der Waals surface area contributed by atoms with Crippen molar-refractivity contribution in [1.29, 1.82) is 0 Å². The molecule has 0 amide bonds. The van der Waals surface area contributed by atoms with Gasteiger partial charge in [-0.05, 0) is 42.0 Å². The van der Waals surface area contributed by atoms with Gasteiger partial charge in [-0.15, -0.1) is 11.3 Å². The van der Waals surface area contributed by atoms with Crippen LogP contribution in [0.15, 0.2) is 35.7 Å². The van der Waals surface area contributed by atoms with Crippen molar-refractivity contribution < 1.29 is 0 Å². The lowest BCUT2D eigenvalue weighted by Crippen LogP contribution is -2.26. The maximum Gasteiger partial charge on any atom is 0.0468 e. The SMILES string of the molecule is CCCC(NC(CC)c1ccc(Cl)cc1Cl)c1cccs1. The number of halogens is 2. The van der Waals surface area contributed by atoms with Crippen molar-refractivity contribution in [3.05, 3.63) is 56.2 Å². The zero-order chi connectivity index (χ0) is 15.2. The summed E-state index contributed by atoms with van der Waals surface area (Å²) in [6, 6.07) is 10.7. The van der Waals surface area contributed by atoms with Crippen LogP contribution >= 0.6 is 34.5 Å². The third kappa shape index (κ3) is 4.46. The van der Waals surface area contributed by atoms with E-state index in [0.717, 1.165) is 29.8 Å². The topological polar surface area (TPSA) is 12.0 Å². The van der Waals surface area contributed by atoms with Gasteiger partial charge in [-0.2, -0.15) is 0 Å². The fourth-order valence-electron chi connectivity index (χ4n) is 2.54. The summed E-state index contributed by atoms with van der Waals surface area (Å²) in [5.74, 6) is 0. The Morgan fingerprint density at radius 2 is 1.95 bits per heavy atom. The Balaban J connectivity index is 2.20. The van der Waals surface area contributed by atoms with Crippen LogP contribution in [-0.4, -0.2) is 0 Å². The minimum atomic E-state index is 0.244. The van der Waals surface area contributed by atoms with Gasteiger partial charge in [-0.25, -0.2) is 0 Å². The van der Waals surface area contributed by atoms with E-state index < -0.39 is 0 Å². The number of thiophene rings is 1. The van der Waals surface area contributed by atoms with Crippen LogP contribution in [0.4, 0.5) is 0 Å². The summed E-state index contributed by atoms with van der Waals surface area (Å²) in [6.07, 6.45) is 3.27. The van der Waals surface area contributed by atoms with Gasteiger partial charge in [-0.1, -0.05) is 55.6 Å². The fourth-order valence-corrected chi connectivity index (χ4v) is 3.90. The summed E-state index contributed by atoms with van der Waals surface area (Å²) in [4.78, 5) is 1.39. The number of hydrogen-bond donors (Lipinski definition) is 1.